The Kier molecular flexibility index (Phi) is 8.87. The van der Waals surface area contributed by atoms with E-state index in [2.05, 4.69) is 50.4 Å². The summed E-state index contributed by atoms with van der Waals surface area (Å²) in [5.41, 5.74) is 9.78. The lowest BCUT2D eigenvalue weighted by Crippen LogP contribution is -2.53. The van der Waals surface area contributed by atoms with Crippen molar-refractivity contribution in [2.75, 3.05) is 36.0 Å². The summed E-state index contributed by atoms with van der Waals surface area (Å²) in [5.74, 6) is -1.41. The number of amides is 4. The van der Waals surface area contributed by atoms with Gasteiger partial charge in [-0.15, -0.1) is 0 Å². The fraction of sp³-hybridized carbons (Fsp3) is 0.244. The van der Waals surface area contributed by atoms with Crippen LogP contribution >= 0.6 is 0 Å². The van der Waals surface area contributed by atoms with E-state index >= 15 is 0 Å². The summed E-state index contributed by atoms with van der Waals surface area (Å²) >= 11 is 0. The molecule has 0 radical (unpaired) electrons. The highest BCUT2D eigenvalue weighted by atomic mass is 16.2. The highest BCUT2D eigenvalue weighted by Crippen LogP contribution is 2.35. The number of rotatable bonds is 8. The van der Waals surface area contributed by atoms with Gasteiger partial charge >= 0.3 is 0 Å². The standard InChI is InChI=1S/C41H37N7O5/c1-26-22-32(8-10-33(26)41(53)47(25-49)36-11-13-38(51)43-40(36)52)46-20-18-45(19-21-46)30-4-6-31(7-5-30)48-24-35(39(44-48)27-14-16-42-17-15-27)29-2-9-34-28(23-29)3-12-37(34)50/h2,4-10,14-17,22-25,36H,3,11-13,18-21H2,1H3,(H,43,51,52). The number of aromatic nitrogens is 3. The molecule has 3 aromatic carbocycles. The highest BCUT2D eigenvalue weighted by molar-refractivity contribution is 6.07. The maximum Gasteiger partial charge on any atom is 0.261 e. The van der Waals surface area contributed by atoms with E-state index in [-0.39, 0.29) is 18.6 Å². The van der Waals surface area contributed by atoms with Crippen molar-refractivity contribution < 1.29 is 24.0 Å². The number of hydrogen-bond donors (Lipinski definition) is 1. The molecule has 266 valence electrons. The van der Waals surface area contributed by atoms with Gasteiger partial charge in [0.2, 0.25) is 18.2 Å². The molecule has 1 N–H and O–H groups in total. The van der Waals surface area contributed by atoms with Crippen molar-refractivity contribution in [2.24, 2.45) is 0 Å². The lowest BCUT2D eigenvalue weighted by Gasteiger charge is -2.37. The van der Waals surface area contributed by atoms with Gasteiger partial charge in [-0.25, -0.2) is 4.68 Å². The summed E-state index contributed by atoms with van der Waals surface area (Å²) in [6.45, 7) is 4.96. The number of nitrogens with zero attached hydrogens (tertiary/aromatic N) is 6. The van der Waals surface area contributed by atoms with Crippen LogP contribution in [-0.2, 0) is 20.8 Å². The normalized spacial score (nSPS) is 17.1. The number of nitrogens with one attached hydrogen (secondary N) is 1. The number of piperazine rings is 1. The first-order chi connectivity index (χ1) is 25.8. The molecule has 8 rings (SSSR count). The van der Waals surface area contributed by atoms with E-state index in [0.717, 1.165) is 88.1 Å². The number of imide groups is 2. The molecule has 2 saturated heterocycles. The van der Waals surface area contributed by atoms with Gasteiger partial charge in [-0.3, -0.25) is 39.2 Å². The fourth-order valence-electron chi connectivity index (χ4n) is 7.54. The van der Waals surface area contributed by atoms with Crippen LogP contribution in [0.5, 0.6) is 0 Å². The first-order valence-electron chi connectivity index (χ1n) is 17.8. The van der Waals surface area contributed by atoms with Crippen LogP contribution in [-0.4, -0.2) is 81.8 Å². The van der Waals surface area contributed by atoms with Crippen LogP contribution in [0, 0.1) is 6.92 Å². The summed E-state index contributed by atoms with van der Waals surface area (Å²) in [6, 6.07) is 22.9. The first kappa shape index (κ1) is 33.7. The van der Waals surface area contributed by atoms with Gasteiger partial charge in [-0.2, -0.15) is 5.10 Å². The molecular formula is C41H37N7O5. The van der Waals surface area contributed by atoms with E-state index in [1.165, 1.54) is 0 Å². The van der Waals surface area contributed by atoms with Crippen molar-refractivity contribution in [3.63, 3.8) is 0 Å². The number of aryl methyl sites for hydroxylation is 2. The third-order valence-corrected chi connectivity index (χ3v) is 10.5. The number of carbonyl (C=O) groups is 5. The maximum atomic E-state index is 13.3. The topological polar surface area (TPSA) is 138 Å². The van der Waals surface area contributed by atoms with Gasteiger partial charge < -0.3 is 9.80 Å². The minimum Gasteiger partial charge on any atom is -0.368 e. The van der Waals surface area contributed by atoms with E-state index in [0.29, 0.717) is 24.0 Å². The van der Waals surface area contributed by atoms with Gasteiger partial charge in [0, 0.05) is 91.2 Å². The molecular weight excluding hydrogens is 670 g/mol. The van der Waals surface area contributed by atoms with Crippen LogP contribution in [0.3, 0.4) is 0 Å². The smallest absolute Gasteiger partial charge is 0.261 e. The van der Waals surface area contributed by atoms with Gasteiger partial charge in [0.25, 0.3) is 5.91 Å². The van der Waals surface area contributed by atoms with Crippen LogP contribution in [0.15, 0.2) is 91.4 Å². The molecule has 2 aliphatic heterocycles. The number of piperidine rings is 1. The van der Waals surface area contributed by atoms with E-state index < -0.39 is 23.8 Å². The quantitative estimate of drug-likeness (QED) is 0.179. The van der Waals surface area contributed by atoms with Gasteiger partial charge in [0.15, 0.2) is 5.78 Å². The molecule has 1 aliphatic carbocycles. The predicted octanol–water partition coefficient (Wildman–Crippen LogP) is 4.77. The molecule has 12 heteroatoms. The Labute approximate surface area is 306 Å². The monoisotopic (exact) mass is 707 g/mol. The van der Waals surface area contributed by atoms with Crippen molar-refractivity contribution in [3.8, 4) is 28.1 Å². The molecule has 53 heavy (non-hydrogen) atoms. The van der Waals surface area contributed by atoms with Crippen LogP contribution in [0.4, 0.5) is 11.4 Å². The molecule has 0 bridgehead atoms. The number of pyridine rings is 1. The molecule has 12 nitrogen and oxygen atoms in total. The third-order valence-electron chi connectivity index (χ3n) is 10.5. The predicted molar refractivity (Wildman–Crippen MR) is 199 cm³/mol. The zero-order valence-corrected chi connectivity index (χ0v) is 29.2. The largest absolute Gasteiger partial charge is 0.368 e. The van der Waals surface area contributed by atoms with E-state index in [4.69, 9.17) is 5.10 Å². The molecule has 3 aliphatic rings. The maximum absolute atomic E-state index is 13.3. The molecule has 0 saturated carbocycles. The Morgan fingerprint density at radius 2 is 1.49 bits per heavy atom. The van der Waals surface area contributed by atoms with Crippen molar-refractivity contribution in [3.05, 3.63) is 114 Å². The highest BCUT2D eigenvalue weighted by Gasteiger charge is 2.35. The Bertz CT molecular complexity index is 2260. The Morgan fingerprint density at radius 1 is 0.792 bits per heavy atom. The fourth-order valence-corrected chi connectivity index (χ4v) is 7.54. The minimum atomic E-state index is -1.01. The Hall–Kier alpha value is -6.43. The number of Topliss-reactive ketones (excluding diaryl/α,β-unsaturated/α-hetero) is 1. The minimum absolute atomic E-state index is 0.0720. The second-order valence-corrected chi connectivity index (χ2v) is 13.6. The number of carbonyl (C=O) groups excluding carboxylic acids is 5. The number of anilines is 2. The lowest BCUT2D eigenvalue weighted by molar-refractivity contribution is -0.139. The second-order valence-electron chi connectivity index (χ2n) is 13.6. The average molecular weight is 708 g/mol. The molecule has 0 spiro atoms. The van der Waals surface area contributed by atoms with Gasteiger partial charge in [0.1, 0.15) is 11.7 Å². The summed E-state index contributed by atoms with van der Waals surface area (Å²) in [6.07, 6.45) is 7.45. The summed E-state index contributed by atoms with van der Waals surface area (Å²) < 4.78 is 1.90. The number of benzene rings is 3. The van der Waals surface area contributed by atoms with Crippen molar-refractivity contribution in [1.29, 1.82) is 0 Å². The zero-order chi connectivity index (χ0) is 36.6. The van der Waals surface area contributed by atoms with Crippen LogP contribution < -0.4 is 15.1 Å². The summed E-state index contributed by atoms with van der Waals surface area (Å²) in [7, 11) is 0. The third kappa shape index (κ3) is 6.48. The van der Waals surface area contributed by atoms with Crippen molar-refractivity contribution in [1.82, 2.24) is 25.0 Å². The van der Waals surface area contributed by atoms with Gasteiger partial charge in [-0.1, -0.05) is 18.2 Å². The zero-order valence-electron chi connectivity index (χ0n) is 29.2. The van der Waals surface area contributed by atoms with Crippen LogP contribution in [0.1, 0.15) is 51.1 Å². The average Bonchev–Trinajstić information content (AvgIpc) is 3.80. The van der Waals surface area contributed by atoms with Crippen molar-refractivity contribution in [2.45, 2.75) is 38.6 Å². The second kappa shape index (κ2) is 13.9. The number of ketones is 1. The van der Waals surface area contributed by atoms with E-state index in [1.807, 2.05) is 54.2 Å². The molecule has 5 aromatic rings. The first-order valence-corrected chi connectivity index (χ1v) is 17.8. The van der Waals surface area contributed by atoms with E-state index in [1.54, 1.807) is 18.5 Å². The SMILES string of the molecule is Cc1cc(N2CCN(c3ccc(-n4cc(-c5ccc6c(c5)CCC6=O)c(-c5ccncc5)n4)cc3)CC2)ccc1C(=O)N(C=O)C1CCC(=O)NC1=O. The molecule has 1 unspecified atom stereocenters. The molecule has 2 aromatic heterocycles. The van der Waals surface area contributed by atoms with Crippen LogP contribution in [0.25, 0.3) is 28.1 Å². The number of hydrogen-bond acceptors (Lipinski definition) is 9. The van der Waals surface area contributed by atoms with E-state index in [9.17, 15) is 24.0 Å². The van der Waals surface area contributed by atoms with Gasteiger partial charge in [-0.05, 0) is 91.1 Å². The molecule has 2 fully saturated rings. The van der Waals surface area contributed by atoms with Gasteiger partial charge in [0.05, 0.1) is 5.69 Å². The molecule has 4 heterocycles. The molecule has 4 amide bonds. The Balaban J connectivity index is 0.951. The lowest BCUT2D eigenvalue weighted by atomic mass is 9.98. The number of fused-ring (bicyclic) bond motifs is 1. The van der Waals surface area contributed by atoms with Crippen LogP contribution in [0.2, 0.25) is 0 Å². The van der Waals surface area contributed by atoms with Crippen molar-refractivity contribution >= 4 is 41.3 Å². The summed E-state index contributed by atoms with van der Waals surface area (Å²) in [4.78, 5) is 71.1. The Morgan fingerprint density at radius 3 is 2.19 bits per heavy atom. The summed E-state index contributed by atoms with van der Waals surface area (Å²) in [5, 5.41) is 7.23. The molecule has 1 atom stereocenters.